The van der Waals surface area contributed by atoms with E-state index in [1.807, 2.05) is 0 Å². The third kappa shape index (κ3) is 66.8. The molecule has 0 fully saturated rings. The van der Waals surface area contributed by atoms with E-state index in [9.17, 15) is 14.4 Å². The Morgan fingerprint density at radius 1 is 0.259 bits per heavy atom. The summed E-state index contributed by atoms with van der Waals surface area (Å²) in [6.07, 6.45) is 93.8. The van der Waals surface area contributed by atoms with Gasteiger partial charge in [0.15, 0.2) is 6.10 Å². The molecule has 0 heterocycles. The van der Waals surface area contributed by atoms with Crippen LogP contribution in [0.3, 0.4) is 0 Å². The first-order valence-corrected chi connectivity index (χ1v) is 34.4. The Bertz CT molecular complexity index is 1620. The summed E-state index contributed by atoms with van der Waals surface area (Å²) < 4.78 is 17.0. The van der Waals surface area contributed by atoms with E-state index in [0.717, 1.165) is 128 Å². The molecular formula is C75H128O6. The highest BCUT2D eigenvalue weighted by Crippen LogP contribution is 2.17. The second-order valence-corrected chi connectivity index (χ2v) is 22.7. The average Bonchev–Trinajstić information content (AvgIpc) is 3.47. The fourth-order valence-corrected chi connectivity index (χ4v) is 9.63. The lowest BCUT2D eigenvalue weighted by atomic mass is 10.0. The van der Waals surface area contributed by atoms with Gasteiger partial charge in [-0.15, -0.1) is 0 Å². The predicted molar refractivity (Wildman–Crippen MR) is 353 cm³/mol. The molecule has 0 aliphatic heterocycles. The summed E-state index contributed by atoms with van der Waals surface area (Å²) in [5.41, 5.74) is 0. The van der Waals surface area contributed by atoms with Gasteiger partial charge in [-0.1, -0.05) is 310 Å². The molecule has 1 atom stereocenters. The van der Waals surface area contributed by atoms with Crippen molar-refractivity contribution in [3.8, 4) is 0 Å². The van der Waals surface area contributed by atoms with Crippen molar-refractivity contribution in [1.29, 1.82) is 0 Å². The molecule has 0 saturated heterocycles. The van der Waals surface area contributed by atoms with Gasteiger partial charge in [-0.25, -0.2) is 0 Å². The molecule has 0 aromatic carbocycles. The van der Waals surface area contributed by atoms with Crippen molar-refractivity contribution in [2.75, 3.05) is 13.2 Å². The van der Waals surface area contributed by atoms with E-state index in [1.54, 1.807) is 0 Å². The highest BCUT2D eigenvalue weighted by Gasteiger charge is 2.19. The molecule has 6 nitrogen and oxygen atoms in total. The van der Waals surface area contributed by atoms with Crippen LogP contribution in [0.4, 0.5) is 0 Å². The van der Waals surface area contributed by atoms with E-state index in [2.05, 4.69) is 130 Å². The monoisotopic (exact) mass is 1120 g/mol. The van der Waals surface area contributed by atoms with Crippen LogP contribution in [-0.2, 0) is 28.6 Å². The van der Waals surface area contributed by atoms with Crippen LogP contribution in [0.15, 0.2) is 109 Å². The standard InChI is InChI=1S/C75H128O6/c1-4-7-10-13-16-19-22-25-28-31-34-36-37-39-41-44-47-50-53-56-59-62-65-68-74(77)80-71-72(70-79-73(76)67-64-61-58-55-52-49-46-43-40-33-30-27-24-21-18-15-12-9-6-3)81-75(78)69-66-63-60-57-54-51-48-45-42-38-35-32-29-26-23-20-17-14-11-8-5-2/h7,10,16,18-19,21,25,27-28,30,34,36,39-41,43,47,50,72H,4-6,8-9,11-15,17,20,22-24,26,29,31-33,35,37-38,42,44-46,48-49,51-71H2,1-3H3/b10-7-,19-16-,21-18-,28-25-,30-27-,36-34-,41-39-,43-40-,50-47-. The number of hydrogen-bond donors (Lipinski definition) is 0. The molecule has 0 saturated carbocycles. The van der Waals surface area contributed by atoms with Gasteiger partial charge in [0.25, 0.3) is 0 Å². The maximum atomic E-state index is 13.0. The summed E-state index contributed by atoms with van der Waals surface area (Å²) in [5.74, 6) is -0.915. The van der Waals surface area contributed by atoms with E-state index >= 15 is 0 Å². The molecule has 6 heteroatoms. The maximum Gasteiger partial charge on any atom is 0.306 e. The lowest BCUT2D eigenvalue weighted by molar-refractivity contribution is -0.167. The largest absolute Gasteiger partial charge is 0.462 e. The molecule has 0 aliphatic rings. The number of rotatable bonds is 62. The van der Waals surface area contributed by atoms with Crippen LogP contribution >= 0.6 is 0 Å². The molecule has 0 spiro atoms. The number of hydrogen-bond acceptors (Lipinski definition) is 6. The van der Waals surface area contributed by atoms with Crippen molar-refractivity contribution in [1.82, 2.24) is 0 Å². The Kier molecular flexibility index (Phi) is 65.2. The van der Waals surface area contributed by atoms with Crippen molar-refractivity contribution in [2.45, 2.75) is 335 Å². The first-order chi connectivity index (χ1) is 40.0. The van der Waals surface area contributed by atoms with Crippen molar-refractivity contribution >= 4 is 17.9 Å². The second kappa shape index (κ2) is 68.6. The highest BCUT2D eigenvalue weighted by atomic mass is 16.6. The van der Waals surface area contributed by atoms with Crippen LogP contribution in [0.1, 0.15) is 329 Å². The topological polar surface area (TPSA) is 78.9 Å². The number of carbonyl (C=O) groups is 3. The van der Waals surface area contributed by atoms with Gasteiger partial charge in [-0.3, -0.25) is 14.4 Å². The Hall–Kier alpha value is -3.93. The summed E-state index contributed by atoms with van der Waals surface area (Å²) in [4.78, 5) is 38.5. The molecule has 464 valence electrons. The number of ether oxygens (including phenoxy) is 3. The van der Waals surface area contributed by atoms with Crippen LogP contribution in [0.25, 0.3) is 0 Å². The fourth-order valence-electron chi connectivity index (χ4n) is 9.63. The Morgan fingerprint density at radius 2 is 0.481 bits per heavy atom. The Morgan fingerprint density at radius 3 is 0.778 bits per heavy atom. The van der Waals surface area contributed by atoms with E-state index < -0.39 is 6.10 Å². The number of unbranched alkanes of at least 4 members (excludes halogenated alkanes) is 33. The molecule has 1 unspecified atom stereocenters. The summed E-state index contributed by atoms with van der Waals surface area (Å²) in [5, 5.41) is 0. The van der Waals surface area contributed by atoms with E-state index in [1.165, 1.54) is 161 Å². The van der Waals surface area contributed by atoms with Crippen LogP contribution in [0.2, 0.25) is 0 Å². The van der Waals surface area contributed by atoms with Gasteiger partial charge in [0.05, 0.1) is 0 Å². The van der Waals surface area contributed by atoms with Gasteiger partial charge >= 0.3 is 17.9 Å². The third-order valence-electron chi connectivity index (χ3n) is 14.8. The number of allylic oxidation sites excluding steroid dienone is 18. The van der Waals surface area contributed by atoms with Gasteiger partial charge in [0, 0.05) is 19.3 Å². The van der Waals surface area contributed by atoms with Gasteiger partial charge in [0.2, 0.25) is 0 Å². The molecule has 0 aliphatic carbocycles. The first-order valence-electron chi connectivity index (χ1n) is 34.4. The van der Waals surface area contributed by atoms with Gasteiger partial charge < -0.3 is 14.2 Å². The van der Waals surface area contributed by atoms with E-state index in [4.69, 9.17) is 14.2 Å². The summed E-state index contributed by atoms with van der Waals surface area (Å²) in [6.45, 7) is 6.51. The smallest absolute Gasteiger partial charge is 0.306 e. The molecule has 0 amide bonds. The fraction of sp³-hybridized carbons (Fsp3) is 0.720. The molecule has 0 radical (unpaired) electrons. The number of carbonyl (C=O) groups excluding carboxylic acids is 3. The first kappa shape index (κ1) is 77.1. The van der Waals surface area contributed by atoms with Gasteiger partial charge in [-0.05, 0) is 109 Å². The van der Waals surface area contributed by atoms with Crippen LogP contribution < -0.4 is 0 Å². The van der Waals surface area contributed by atoms with E-state index in [0.29, 0.717) is 19.3 Å². The maximum absolute atomic E-state index is 13.0. The molecular weight excluding hydrogens is 997 g/mol. The van der Waals surface area contributed by atoms with Crippen LogP contribution in [0.5, 0.6) is 0 Å². The quantitative estimate of drug-likeness (QED) is 0.0261. The molecule has 0 rings (SSSR count). The molecule has 0 bridgehead atoms. The molecule has 0 aromatic heterocycles. The van der Waals surface area contributed by atoms with Gasteiger partial charge in [0.1, 0.15) is 13.2 Å². The zero-order valence-electron chi connectivity index (χ0n) is 53.3. The lowest BCUT2D eigenvalue weighted by Gasteiger charge is -2.18. The van der Waals surface area contributed by atoms with Crippen LogP contribution in [0, 0.1) is 0 Å². The summed E-state index contributed by atoms with van der Waals surface area (Å²) >= 11 is 0. The molecule has 0 N–H and O–H groups in total. The average molecular weight is 1130 g/mol. The van der Waals surface area contributed by atoms with E-state index in [-0.39, 0.29) is 31.1 Å². The third-order valence-corrected chi connectivity index (χ3v) is 14.8. The Labute approximate surface area is 501 Å². The summed E-state index contributed by atoms with van der Waals surface area (Å²) in [6, 6.07) is 0. The Balaban J connectivity index is 4.45. The lowest BCUT2D eigenvalue weighted by Crippen LogP contribution is -2.30. The molecule has 81 heavy (non-hydrogen) atoms. The second-order valence-electron chi connectivity index (χ2n) is 22.7. The van der Waals surface area contributed by atoms with Crippen molar-refractivity contribution < 1.29 is 28.6 Å². The zero-order chi connectivity index (χ0) is 58.5. The van der Waals surface area contributed by atoms with Crippen molar-refractivity contribution in [2.24, 2.45) is 0 Å². The number of esters is 3. The summed E-state index contributed by atoms with van der Waals surface area (Å²) in [7, 11) is 0. The van der Waals surface area contributed by atoms with Gasteiger partial charge in [-0.2, -0.15) is 0 Å². The van der Waals surface area contributed by atoms with Crippen LogP contribution in [-0.4, -0.2) is 37.2 Å². The minimum absolute atomic E-state index is 0.0920. The normalized spacial score (nSPS) is 12.8. The SMILES string of the molecule is CC/C=C\C/C=C\C/C=C\C/C=C\C/C=C\C/C=C\CCCCCCC(=O)OCC(COC(=O)CCCCCCCC/C=C\C/C=C\C/C=C\CCCCC)OC(=O)CCCCCCCCCCCCCCCCCCCCCCC. The van der Waals surface area contributed by atoms with Crippen molar-refractivity contribution in [3.05, 3.63) is 109 Å². The van der Waals surface area contributed by atoms with Crippen molar-refractivity contribution in [3.63, 3.8) is 0 Å². The highest BCUT2D eigenvalue weighted by molar-refractivity contribution is 5.71. The minimum Gasteiger partial charge on any atom is -0.462 e. The predicted octanol–water partition coefficient (Wildman–Crippen LogP) is 23.8. The zero-order valence-corrected chi connectivity index (χ0v) is 53.3. The molecule has 0 aromatic rings. The minimum atomic E-state index is -0.797.